The molecule has 0 fully saturated rings. The average Bonchev–Trinajstić information content (AvgIpc) is 2.64. The van der Waals surface area contributed by atoms with Crippen LogP contribution >= 0.6 is 11.6 Å². The fourth-order valence-corrected chi connectivity index (χ4v) is 2.41. The van der Waals surface area contributed by atoms with Crippen LogP contribution in [-0.4, -0.2) is 31.7 Å². The van der Waals surface area contributed by atoms with Gasteiger partial charge in [0, 0.05) is 10.7 Å². The third kappa shape index (κ3) is 5.56. The average molecular weight is 414 g/mol. The third-order valence-corrected chi connectivity index (χ3v) is 3.96. The Morgan fingerprint density at radius 3 is 2.46 bits per heavy atom. The first-order valence-electron chi connectivity index (χ1n) is 8.12. The van der Waals surface area contributed by atoms with Crippen LogP contribution < -0.4 is 14.8 Å². The van der Waals surface area contributed by atoms with E-state index in [0.29, 0.717) is 10.7 Å². The highest BCUT2D eigenvalue weighted by Crippen LogP contribution is 2.30. The van der Waals surface area contributed by atoms with Crippen molar-refractivity contribution in [3.8, 4) is 11.5 Å². The Hall–Kier alpha value is -2.87. The summed E-state index contributed by atoms with van der Waals surface area (Å²) in [6, 6.07) is 8.58. The lowest BCUT2D eigenvalue weighted by Crippen LogP contribution is -2.30. The molecule has 1 atom stereocenters. The van der Waals surface area contributed by atoms with Crippen LogP contribution in [0.2, 0.25) is 5.02 Å². The first-order valence-corrected chi connectivity index (χ1v) is 8.50. The second kappa shape index (κ2) is 9.36. The molecular formula is C19H18ClF2NO5. The van der Waals surface area contributed by atoms with Crippen LogP contribution in [0.3, 0.4) is 0 Å². The molecule has 0 saturated heterocycles. The van der Waals surface area contributed by atoms with Gasteiger partial charge in [0.15, 0.2) is 17.6 Å². The van der Waals surface area contributed by atoms with Crippen molar-refractivity contribution < 1.29 is 32.6 Å². The Labute approximate surface area is 165 Å². The fourth-order valence-electron chi connectivity index (χ4n) is 2.23. The summed E-state index contributed by atoms with van der Waals surface area (Å²) in [6.07, 6.45) is -1.12. The van der Waals surface area contributed by atoms with Gasteiger partial charge in [0.25, 0.3) is 5.91 Å². The summed E-state index contributed by atoms with van der Waals surface area (Å²) >= 11 is 5.91. The molecule has 0 aliphatic heterocycles. The summed E-state index contributed by atoms with van der Waals surface area (Å²) in [4.78, 5) is 24.5. The fraction of sp³-hybridized carbons (Fsp3) is 0.263. The number of ether oxygens (including phenoxy) is 3. The van der Waals surface area contributed by atoms with Crippen LogP contribution in [0.1, 0.15) is 22.8 Å². The molecule has 9 heteroatoms. The number of benzene rings is 2. The van der Waals surface area contributed by atoms with Crippen molar-refractivity contribution in [2.45, 2.75) is 26.6 Å². The SMILES string of the molecule is COc1cc(C(=O)O[C@H](C)C(=O)Nc2cc(Cl)ccc2C)ccc1OC(F)F. The highest BCUT2D eigenvalue weighted by Gasteiger charge is 2.21. The number of carbonyl (C=O) groups excluding carboxylic acids is 2. The van der Waals surface area contributed by atoms with E-state index in [2.05, 4.69) is 10.1 Å². The normalized spacial score (nSPS) is 11.7. The zero-order valence-corrected chi connectivity index (χ0v) is 16.0. The number of aryl methyl sites for hydroxylation is 1. The number of esters is 1. The number of anilines is 1. The van der Waals surface area contributed by atoms with Crippen molar-refractivity contribution in [2.75, 3.05) is 12.4 Å². The molecule has 1 amide bonds. The van der Waals surface area contributed by atoms with E-state index in [1.807, 2.05) is 0 Å². The Kier molecular flexibility index (Phi) is 7.17. The van der Waals surface area contributed by atoms with E-state index in [9.17, 15) is 18.4 Å². The van der Waals surface area contributed by atoms with Gasteiger partial charge in [0.2, 0.25) is 0 Å². The molecular weight excluding hydrogens is 396 g/mol. The highest BCUT2D eigenvalue weighted by atomic mass is 35.5. The van der Waals surface area contributed by atoms with Crippen LogP contribution in [0, 0.1) is 6.92 Å². The lowest BCUT2D eigenvalue weighted by molar-refractivity contribution is -0.123. The van der Waals surface area contributed by atoms with Gasteiger partial charge in [-0.1, -0.05) is 17.7 Å². The van der Waals surface area contributed by atoms with E-state index in [1.54, 1.807) is 25.1 Å². The summed E-state index contributed by atoms with van der Waals surface area (Å²) in [5.41, 5.74) is 1.29. The molecule has 6 nitrogen and oxygen atoms in total. The second-order valence-corrected chi connectivity index (χ2v) is 6.18. The maximum absolute atomic E-state index is 12.4. The predicted molar refractivity (Wildman–Crippen MR) is 99.3 cm³/mol. The largest absolute Gasteiger partial charge is 0.493 e. The van der Waals surface area contributed by atoms with Gasteiger partial charge in [0.1, 0.15) is 0 Å². The van der Waals surface area contributed by atoms with Crippen LogP contribution in [-0.2, 0) is 9.53 Å². The Balaban J connectivity index is 2.07. The van der Waals surface area contributed by atoms with Gasteiger partial charge in [-0.3, -0.25) is 4.79 Å². The van der Waals surface area contributed by atoms with Crippen molar-refractivity contribution in [1.29, 1.82) is 0 Å². The molecule has 0 radical (unpaired) electrons. The minimum Gasteiger partial charge on any atom is -0.493 e. The molecule has 0 spiro atoms. The smallest absolute Gasteiger partial charge is 0.387 e. The van der Waals surface area contributed by atoms with Crippen LogP contribution in [0.4, 0.5) is 14.5 Å². The number of carbonyl (C=O) groups is 2. The third-order valence-electron chi connectivity index (χ3n) is 3.73. The molecule has 0 bridgehead atoms. The standard InChI is InChI=1S/C19H18ClF2NO5/c1-10-4-6-13(20)9-14(10)23-17(24)11(2)27-18(25)12-5-7-15(28-19(21)22)16(8-12)26-3/h4-9,11,19H,1-3H3,(H,23,24)/t11-/m1/s1. The Bertz CT molecular complexity index is 875. The van der Waals surface area contributed by atoms with Crippen molar-refractivity contribution in [3.05, 3.63) is 52.5 Å². The maximum Gasteiger partial charge on any atom is 0.387 e. The van der Waals surface area contributed by atoms with E-state index >= 15 is 0 Å². The monoisotopic (exact) mass is 413 g/mol. The minimum absolute atomic E-state index is 0.0112. The summed E-state index contributed by atoms with van der Waals surface area (Å²) in [7, 11) is 1.24. The van der Waals surface area contributed by atoms with E-state index in [4.69, 9.17) is 21.1 Å². The van der Waals surface area contributed by atoms with E-state index < -0.39 is 24.6 Å². The number of hydrogen-bond donors (Lipinski definition) is 1. The highest BCUT2D eigenvalue weighted by molar-refractivity contribution is 6.31. The van der Waals surface area contributed by atoms with Crippen LogP contribution in [0.15, 0.2) is 36.4 Å². The van der Waals surface area contributed by atoms with Gasteiger partial charge in [-0.25, -0.2) is 4.79 Å². The number of methoxy groups -OCH3 is 1. The van der Waals surface area contributed by atoms with Gasteiger partial charge in [0.05, 0.1) is 12.7 Å². The summed E-state index contributed by atoms with van der Waals surface area (Å²) in [5.74, 6) is -1.67. The molecule has 2 aromatic carbocycles. The lowest BCUT2D eigenvalue weighted by atomic mass is 10.2. The van der Waals surface area contributed by atoms with Gasteiger partial charge in [-0.2, -0.15) is 8.78 Å². The number of hydrogen-bond acceptors (Lipinski definition) is 5. The molecule has 150 valence electrons. The zero-order valence-electron chi connectivity index (χ0n) is 15.3. The van der Waals surface area contributed by atoms with Gasteiger partial charge in [-0.15, -0.1) is 0 Å². The first kappa shape index (κ1) is 21.4. The number of alkyl halides is 2. The maximum atomic E-state index is 12.4. The van der Waals surface area contributed by atoms with E-state index in [0.717, 1.165) is 11.6 Å². The second-order valence-electron chi connectivity index (χ2n) is 5.74. The molecule has 2 rings (SSSR count). The van der Waals surface area contributed by atoms with E-state index in [-0.39, 0.29) is 17.1 Å². The number of nitrogens with one attached hydrogen (secondary N) is 1. The number of rotatable bonds is 7. The van der Waals surface area contributed by atoms with Gasteiger partial charge in [-0.05, 0) is 49.7 Å². The molecule has 0 aromatic heterocycles. The predicted octanol–water partition coefficient (Wildman–Crippen LogP) is 4.44. The van der Waals surface area contributed by atoms with Crippen LogP contribution in [0.5, 0.6) is 11.5 Å². The number of amides is 1. The van der Waals surface area contributed by atoms with Gasteiger partial charge < -0.3 is 19.5 Å². The molecule has 0 aliphatic rings. The van der Waals surface area contributed by atoms with Gasteiger partial charge >= 0.3 is 12.6 Å². The Morgan fingerprint density at radius 1 is 1.11 bits per heavy atom. The first-order chi connectivity index (χ1) is 13.2. The summed E-state index contributed by atoms with van der Waals surface area (Å²) in [5, 5.41) is 3.08. The van der Waals surface area contributed by atoms with Crippen molar-refractivity contribution >= 4 is 29.2 Å². The lowest BCUT2D eigenvalue weighted by Gasteiger charge is -2.16. The summed E-state index contributed by atoms with van der Waals surface area (Å²) in [6.45, 7) is 0.154. The molecule has 2 aromatic rings. The minimum atomic E-state index is -3.04. The van der Waals surface area contributed by atoms with Crippen molar-refractivity contribution in [2.24, 2.45) is 0 Å². The molecule has 0 unspecified atom stereocenters. The zero-order chi connectivity index (χ0) is 20.8. The molecule has 0 saturated carbocycles. The number of halogens is 3. The quantitative estimate of drug-likeness (QED) is 0.679. The van der Waals surface area contributed by atoms with Crippen molar-refractivity contribution in [3.63, 3.8) is 0 Å². The van der Waals surface area contributed by atoms with Crippen molar-refractivity contribution in [1.82, 2.24) is 0 Å². The molecule has 1 N–H and O–H groups in total. The van der Waals surface area contributed by atoms with E-state index in [1.165, 1.54) is 26.2 Å². The molecule has 28 heavy (non-hydrogen) atoms. The van der Waals surface area contributed by atoms with Crippen LogP contribution in [0.25, 0.3) is 0 Å². The topological polar surface area (TPSA) is 73.9 Å². The summed E-state index contributed by atoms with van der Waals surface area (Å²) < 4.78 is 39.1. The molecule has 0 heterocycles. The molecule has 0 aliphatic carbocycles. The Morgan fingerprint density at radius 2 is 1.82 bits per heavy atom.